The normalized spacial score (nSPS) is 20.2. The first kappa shape index (κ1) is 19.0. The quantitative estimate of drug-likeness (QED) is 0.838. The van der Waals surface area contributed by atoms with Gasteiger partial charge in [-0.15, -0.1) is 0 Å². The van der Waals surface area contributed by atoms with E-state index >= 15 is 0 Å². The molecule has 2 rings (SSSR count). The number of carbonyl (C=O) groups is 1. The van der Waals surface area contributed by atoms with Crippen LogP contribution < -0.4 is 10.6 Å². The van der Waals surface area contributed by atoms with Crippen LogP contribution in [-0.4, -0.2) is 34.8 Å². The Kier molecular flexibility index (Phi) is 6.44. The molecular weight excluding hydrogens is 300 g/mol. The first-order valence-electron chi connectivity index (χ1n) is 9.34. The average molecular weight is 335 g/mol. The number of nitrogens with one attached hydrogen (secondary N) is 2. The zero-order chi connectivity index (χ0) is 17.7. The fourth-order valence-corrected chi connectivity index (χ4v) is 3.18. The molecule has 2 N–H and O–H groups in total. The summed E-state index contributed by atoms with van der Waals surface area (Å²) in [6.45, 7) is 13.0. The van der Waals surface area contributed by atoms with Crippen LogP contribution in [0.2, 0.25) is 0 Å². The Hall–Kier alpha value is -1.36. The zero-order valence-corrected chi connectivity index (χ0v) is 15.9. The van der Waals surface area contributed by atoms with Crippen molar-refractivity contribution in [2.24, 2.45) is 11.3 Å². The van der Waals surface area contributed by atoms with E-state index < -0.39 is 0 Å². The molecule has 1 aliphatic rings. The number of hydrogen-bond donors (Lipinski definition) is 2. The molecule has 1 saturated heterocycles. The van der Waals surface area contributed by atoms with Crippen LogP contribution in [0.5, 0.6) is 0 Å². The molecule has 136 valence electrons. The van der Waals surface area contributed by atoms with Crippen molar-refractivity contribution in [1.29, 1.82) is 0 Å². The Balaban J connectivity index is 2.00. The molecular formula is C19H34N4O. The van der Waals surface area contributed by atoms with Gasteiger partial charge in [0.2, 0.25) is 0 Å². The van der Waals surface area contributed by atoms with Crippen LogP contribution in [0.3, 0.4) is 0 Å². The van der Waals surface area contributed by atoms with Gasteiger partial charge in [0, 0.05) is 18.8 Å². The summed E-state index contributed by atoms with van der Waals surface area (Å²) < 4.78 is 1.95. The van der Waals surface area contributed by atoms with Gasteiger partial charge >= 0.3 is 0 Å². The molecule has 24 heavy (non-hydrogen) atoms. The van der Waals surface area contributed by atoms with E-state index in [1.165, 1.54) is 0 Å². The molecule has 0 spiro atoms. The highest BCUT2D eigenvalue weighted by Crippen LogP contribution is 2.25. The maximum absolute atomic E-state index is 12.6. The summed E-state index contributed by atoms with van der Waals surface area (Å²) in [4.78, 5) is 12.6. The van der Waals surface area contributed by atoms with E-state index in [1.807, 2.05) is 16.9 Å². The van der Waals surface area contributed by atoms with E-state index in [4.69, 9.17) is 0 Å². The smallest absolute Gasteiger partial charge is 0.272 e. The largest absolute Gasteiger partial charge is 0.347 e. The van der Waals surface area contributed by atoms with Gasteiger partial charge in [0.25, 0.3) is 5.91 Å². The van der Waals surface area contributed by atoms with Gasteiger partial charge in [-0.1, -0.05) is 34.6 Å². The summed E-state index contributed by atoms with van der Waals surface area (Å²) >= 11 is 0. The number of rotatable bonds is 6. The molecule has 1 amide bonds. The third-order valence-electron chi connectivity index (χ3n) is 4.87. The molecule has 0 aromatic carbocycles. The average Bonchev–Trinajstić information content (AvgIpc) is 3.00. The Morgan fingerprint density at radius 2 is 2.17 bits per heavy atom. The maximum Gasteiger partial charge on any atom is 0.272 e. The second kappa shape index (κ2) is 8.15. The molecule has 2 heterocycles. The lowest BCUT2D eigenvalue weighted by molar-refractivity contribution is 0.0887. The van der Waals surface area contributed by atoms with Gasteiger partial charge in [0.05, 0.1) is 6.04 Å². The second-order valence-corrected chi connectivity index (χ2v) is 8.54. The molecule has 0 aliphatic carbocycles. The topological polar surface area (TPSA) is 59.0 Å². The summed E-state index contributed by atoms with van der Waals surface area (Å²) in [6.07, 6.45) is 6.33. The Morgan fingerprint density at radius 3 is 2.75 bits per heavy atom. The monoisotopic (exact) mass is 334 g/mol. The van der Waals surface area contributed by atoms with Crippen molar-refractivity contribution in [3.05, 3.63) is 18.0 Å². The zero-order valence-electron chi connectivity index (χ0n) is 15.9. The molecule has 1 aliphatic heterocycles. The van der Waals surface area contributed by atoms with Crippen LogP contribution in [0, 0.1) is 11.3 Å². The van der Waals surface area contributed by atoms with Crippen molar-refractivity contribution >= 4 is 5.91 Å². The highest BCUT2D eigenvalue weighted by Gasteiger charge is 2.27. The molecule has 0 saturated carbocycles. The number of nitrogens with zero attached hydrogens (tertiary/aromatic N) is 2. The molecule has 5 nitrogen and oxygen atoms in total. The summed E-state index contributed by atoms with van der Waals surface area (Å²) in [7, 11) is 0. The molecule has 2 atom stereocenters. The fourth-order valence-electron chi connectivity index (χ4n) is 3.18. The number of piperidine rings is 1. The Labute approximate surface area is 146 Å². The number of aromatic nitrogens is 2. The van der Waals surface area contributed by atoms with Gasteiger partial charge in [0.1, 0.15) is 5.69 Å². The minimum Gasteiger partial charge on any atom is -0.347 e. The summed E-state index contributed by atoms with van der Waals surface area (Å²) in [5, 5.41) is 11.1. The fraction of sp³-hybridized carbons (Fsp3) is 0.789. The molecule has 2 unspecified atom stereocenters. The van der Waals surface area contributed by atoms with Crippen LogP contribution in [0.4, 0.5) is 0 Å². The van der Waals surface area contributed by atoms with Gasteiger partial charge < -0.3 is 10.6 Å². The molecule has 0 radical (unpaired) electrons. The van der Waals surface area contributed by atoms with Crippen molar-refractivity contribution in [1.82, 2.24) is 20.4 Å². The van der Waals surface area contributed by atoms with Crippen molar-refractivity contribution in [3.8, 4) is 0 Å². The molecule has 1 aromatic heterocycles. The maximum atomic E-state index is 12.6. The Bertz CT molecular complexity index is 524. The highest BCUT2D eigenvalue weighted by molar-refractivity contribution is 5.92. The summed E-state index contributed by atoms with van der Waals surface area (Å²) in [5.74, 6) is 0.589. The van der Waals surface area contributed by atoms with Crippen LogP contribution in [-0.2, 0) is 0 Å². The minimum atomic E-state index is -0.0544. The first-order chi connectivity index (χ1) is 11.3. The predicted octanol–water partition coefficient (Wildman–Crippen LogP) is 3.39. The van der Waals surface area contributed by atoms with Gasteiger partial charge in [-0.3, -0.25) is 9.48 Å². The van der Waals surface area contributed by atoms with E-state index in [2.05, 4.69) is 50.4 Å². The van der Waals surface area contributed by atoms with Gasteiger partial charge in [0.15, 0.2) is 0 Å². The SMILES string of the molecule is CC(C)CCC(NC(=O)c1ccn(C2CCCNC2)n1)C(C)(C)C. The van der Waals surface area contributed by atoms with E-state index in [-0.39, 0.29) is 17.4 Å². The summed E-state index contributed by atoms with van der Waals surface area (Å²) in [6, 6.07) is 2.36. The lowest BCUT2D eigenvalue weighted by Crippen LogP contribution is -2.44. The van der Waals surface area contributed by atoms with Crippen molar-refractivity contribution in [3.63, 3.8) is 0 Å². The lowest BCUT2D eigenvalue weighted by atomic mass is 9.82. The van der Waals surface area contributed by atoms with Gasteiger partial charge in [-0.2, -0.15) is 5.10 Å². The first-order valence-corrected chi connectivity index (χ1v) is 9.34. The second-order valence-electron chi connectivity index (χ2n) is 8.54. The molecule has 1 fully saturated rings. The van der Waals surface area contributed by atoms with Gasteiger partial charge in [-0.05, 0) is 49.6 Å². The van der Waals surface area contributed by atoms with Crippen molar-refractivity contribution < 1.29 is 4.79 Å². The lowest BCUT2D eigenvalue weighted by Gasteiger charge is -2.32. The van der Waals surface area contributed by atoms with Crippen LogP contribution >= 0.6 is 0 Å². The summed E-state index contributed by atoms with van der Waals surface area (Å²) in [5.41, 5.74) is 0.569. The van der Waals surface area contributed by atoms with E-state index in [0.29, 0.717) is 17.7 Å². The van der Waals surface area contributed by atoms with Crippen LogP contribution in [0.25, 0.3) is 0 Å². The van der Waals surface area contributed by atoms with E-state index in [9.17, 15) is 4.79 Å². The van der Waals surface area contributed by atoms with Crippen molar-refractivity contribution in [2.45, 2.75) is 72.4 Å². The van der Waals surface area contributed by atoms with Gasteiger partial charge in [-0.25, -0.2) is 0 Å². The number of amides is 1. The molecule has 1 aromatic rings. The van der Waals surface area contributed by atoms with Crippen LogP contribution in [0.15, 0.2) is 12.3 Å². The molecule has 0 bridgehead atoms. The van der Waals surface area contributed by atoms with Crippen LogP contribution in [0.1, 0.15) is 76.8 Å². The van der Waals surface area contributed by atoms with Crippen molar-refractivity contribution in [2.75, 3.05) is 13.1 Å². The van der Waals surface area contributed by atoms with E-state index in [0.717, 1.165) is 38.8 Å². The standard InChI is InChI=1S/C19H34N4O/c1-14(2)8-9-17(19(3,4)5)21-18(24)16-10-12-23(22-16)15-7-6-11-20-13-15/h10,12,14-15,17,20H,6-9,11,13H2,1-5H3,(H,21,24). The third-order valence-corrected chi connectivity index (χ3v) is 4.87. The highest BCUT2D eigenvalue weighted by atomic mass is 16.2. The van der Waals surface area contributed by atoms with E-state index in [1.54, 1.807) is 0 Å². The number of carbonyl (C=O) groups excluding carboxylic acids is 1. The number of hydrogen-bond acceptors (Lipinski definition) is 3. The minimum absolute atomic E-state index is 0.0421. The molecule has 5 heteroatoms. The predicted molar refractivity (Wildman–Crippen MR) is 98.1 cm³/mol. The Morgan fingerprint density at radius 1 is 1.42 bits per heavy atom. The third kappa shape index (κ3) is 5.33.